The Balaban J connectivity index is 2.10. The smallest absolute Gasteiger partial charge is 0.151 e. The number of sulfone groups is 1. The number of nitrogen functional groups attached to an aromatic ring is 1. The van der Waals surface area contributed by atoms with Gasteiger partial charge < -0.3 is 5.73 Å². The van der Waals surface area contributed by atoms with Crippen molar-refractivity contribution in [3.8, 4) is 0 Å². The van der Waals surface area contributed by atoms with Gasteiger partial charge in [-0.2, -0.15) is 0 Å². The molecule has 0 aliphatic carbocycles. The fourth-order valence-electron chi connectivity index (χ4n) is 2.24. The number of nitrogens with zero attached hydrogens (tertiary/aromatic N) is 1. The molecule has 100 valence electrons. The largest absolute Gasteiger partial charge is 0.398 e. The third-order valence-electron chi connectivity index (χ3n) is 3.39. The first-order valence-electron chi connectivity index (χ1n) is 5.82. The van der Waals surface area contributed by atoms with Gasteiger partial charge in [0, 0.05) is 28.9 Å². The van der Waals surface area contributed by atoms with Gasteiger partial charge in [0.2, 0.25) is 0 Å². The van der Waals surface area contributed by atoms with E-state index in [0.29, 0.717) is 23.7 Å². The summed E-state index contributed by atoms with van der Waals surface area (Å²) in [5, 5.41) is 0.628. The molecule has 1 aromatic rings. The molecule has 6 heteroatoms. The van der Waals surface area contributed by atoms with Crippen molar-refractivity contribution >= 4 is 27.1 Å². The molecule has 0 saturated carbocycles. The summed E-state index contributed by atoms with van der Waals surface area (Å²) < 4.78 is 22.9. The SMILES string of the molecule is CN(Cc1c(N)cccc1Cl)C1CCS(=O)(=O)C1. The highest BCUT2D eigenvalue weighted by atomic mass is 35.5. The molecule has 1 aromatic carbocycles. The second kappa shape index (κ2) is 5.07. The van der Waals surface area contributed by atoms with Crippen molar-refractivity contribution in [3.05, 3.63) is 28.8 Å². The molecule has 1 aliphatic heterocycles. The molecule has 0 aromatic heterocycles. The Kier molecular flexibility index (Phi) is 3.84. The van der Waals surface area contributed by atoms with Crippen LogP contribution in [0.3, 0.4) is 0 Å². The molecule has 2 rings (SSSR count). The van der Waals surface area contributed by atoms with E-state index in [1.165, 1.54) is 0 Å². The first kappa shape index (κ1) is 13.6. The summed E-state index contributed by atoms with van der Waals surface area (Å²) in [6.07, 6.45) is 0.684. The molecule has 1 unspecified atom stereocenters. The van der Waals surface area contributed by atoms with E-state index in [4.69, 9.17) is 17.3 Å². The standard InChI is InChI=1S/C12H17ClN2O2S/c1-15(9-5-6-18(16,17)8-9)7-10-11(13)3-2-4-12(10)14/h2-4,9H,5-8,14H2,1H3. The Morgan fingerprint density at radius 2 is 2.22 bits per heavy atom. The van der Waals surface area contributed by atoms with E-state index in [2.05, 4.69) is 0 Å². The molecule has 2 N–H and O–H groups in total. The van der Waals surface area contributed by atoms with Gasteiger partial charge >= 0.3 is 0 Å². The van der Waals surface area contributed by atoms with Gasteiger partial charge in [-0.05, 0) is 25.6 Å². The van der Waals surface area contributed by atoms with Crippen molar-refractivity contribution in [2.75, 3.05) is 24.3 Å². The van der Waals surface area contributed by atoms with Crippen LogP contribution in [0.15, 0.2) is 18.2 Å². The van der Waals surface area contributed by atoms with Crippen LogP contribution < -0.4 is 5.73 Å². The van der Waals surface area contributed by atoms with E-state index in [9.17, 15) is 8.42 Å². The van der Waals surface area contributed by atoms with Crippen LogP contribution in [0.25, 0.3) is 0 Å². The number of halogens is 1. The number of anilines is 1. The average Bonchev–Trinajstić information content (AvgIpc) is 2.64. The van der Waals surface area contributed by atoms with E-state index in [1.807, 2.05) is 11.9 Å². The van der Waals surface area contributed by atoms with Gasteiger partial charge in [-0.3, -0.25) is 4.90 Å². The zero-order chi connectivity index (χ0) is 13.3. The molecule has 1 saturated heterocycles. The zero-order valence-electron chi connectivity index (χ0n) is 10.3. The van der Waals surface area contributed by atoms with Crippen LogP contribution >= 0.6 is 11.6 Å². The van der Waals surface area contributed by atoms with Crippen LogP contribution in [0, 0.1) is 0 Å². The molecule has 18 heavy (non-hydrogen) atoms. The number of nitrogens with two attached hydrogens (primary N) is 1. The molecule has 1 fully saturated rings. The topological polar surface area (TPSA) is 63.4 Å². The highest BCUT2D eigenvalue weighted by molar-refractivity contribution is 7.91. The lowest BCUT2D eigenvalue weighted by molar-refractivity contribution is 0.254. The molecular formula is C12H17ClN2O2S. The van der Waals surface area contributed by atoms with Crippen molar-refractivity contribution in [1.29, 1.82) is 0 Å². The molecule has 0 spiro atoms. The lowest BCUT2D eigenvalue weighted by Crippen LogP contribution is -2.32. The van der Waals surface area contributed by atoms with Crippen LogP contribution in [0.5, 0.6) is 0 Å². The predicted molar refractivity (Wildman–Crippen MR) is 74.4 cm³/mol. The summed E-state index contributed by atoms with van der Waals surface area (Å²) in [4.78, 5) is 2.02. The fourth-order valence-corrected chi connectivity index (χ4v) is 4.29. The average molecular weight is 289 g/mol. The molecule has 4 nitrogen and oxygen atoms in total. The first-order valence-corrected chi connectivity index (χ1v) is 8.02. The molecule has 0 amide bonds. The number of rotatable bonds is 3. The summed E-state index contributed by atoms with van der Waals surface area (Å²) in [5.41, 5.74) is 7.41. The Hall–Kier alpha value is -0.780. The Labute approximate surface area is 113 Å². The van der Waals surface area contributed by atoms with Crippen LogP contribution in [-0.4, -0.2) is 37.9 Å². The molecule has 1 aliphatic rings. The van der Waals surface area contributed by atoms with Gasteiger partial charge in [0.15, 0.2) is 9.84 Å². The third-order valence-corrected chi connectivity index (χ3v) is 5.50. The van der Waals surface area contributed by atoms with Gasteiger partial charge in [-0.15, -0.1) is 0 Å². The van der Waals surface area contributed by atoms with E-state index >= 15 is 0 Å². The number of benzene rings is 1. The van der Waals surface area contributed by atoms with Gasteiger partial charge in [-0.25, -0.2) is 8.42 Å². The normalized spacial score (nSPS) is 22.5. The quantitative estimate of drug-likeness (QED) is 0.857. The Bertz CT molecular complexity index is 525. The lowest BCUT2D eigenvalue weighted by atomic mass is 10.1. The summed E-state index contributed by atoms with van der Waals surface area (Å²) in [7, 11) is -0.948. The van der Waals surface area contributed by atoms with Crippen LogP contribution in [0.2, 0.25) is 5.02 Å². The van der Waals surface area contributed by atoms with E-state index in [1.54, 1.807) is 18.2 Å². The maximum absolute atomic E-state index is 11.5. The zero-order valence-corrected chi connectivity index (χ0v) is 11.8. The second-order valence-corrected chi connectivity index (χ2v) is 7.42. The highest BCUT2D eigenvalue weighted by Crippen LogP contribution is 2.25. The minimum Gasteiger partial charge on any atom is -0.398 e. The summed E-state index contributed by atoms with van der Waals surface area (Å²) in [6, 6.07) is 5.47. The van der Waals surface area contributed by atoms with Crippen molar-refractivity contribution in [1.82, 2.24) is 4.90 Å². The third kappa shape index (κ3) is 2.96. The number of hydrogen-bond donors (Lipinski definition) is 1. The molecule has 1 heterocycles. The van der Waals surface area contributed by atoms with Crippen LogP contribution in [0.4, 0.5) is 5.69 Å². The molecular weight excluding hydrogens is 272 g/mol. The van der Waals surface area contributed by atoms with Gasteiger partial charge in [-0.1, -0.05) is 17.7 Å². The van der Waals surface area contributed by atoms with Crippen molar-refractivity contribution < 1.29 is 8.42 Å². The van der Waals surface area contributed by atoms with E-state index in [0.717, 1.165) is 5.56 Å². The Morgan fingerprint density at radius 1 is 1.50 bits per heavy atom. The summed E-state index contributed by atoms with van der Waals surface area (Å²) >= 11 is 6.11. The second-order valence-electron chi connectivity index (χ2n) is 4.78. The minimum absolute atomic E-state index is 0.0608. The van der Waals surface area contributed by atoms with Gasteiger partial charge in [0.1, 0.15) is 0 Å². The number of hydrogen-bond acceptors (Lipinski definition) is 4. The van der Waals surface area contributed by atoms with Crippen LogP contribution in [0.1, 0.15) is 12.0 Å². The first-order chi connectivity index (χ1) is 8.39. The van der Waals surface area contributed by atoms with Crippen molar-refractivity contribution in [3.63, 3.8) is 0 Å². The monoisotopic (exact) mass is 288 g/mol. The van der Waals surface area contributed by atoms with E-state index < -0.39 is 9.84 Å². The minimum atomic E-state index is -2.86. The van der Waals surface area contributed by atoms with Gasteiger partial charge in [0.05, 0.1) is 11.5 Å². The lowest BCUT2D eigenvalue weighted by Gasteiger charge is -2.24. The van der Waals surface area contributed by atoms with Crippen LogP contribution in [-0.2, 0) is 16.4 Å². The highest BCUT2D eigenvalue weighted by Gasteiger charge is 2.30. The summed E-state index contributed by atoms with van der Waals surface area (Å²) in [5.74, 6) is 0.508. The predicted octanol–water partition coefficient (Wildman–Crippen LogP) is 1.54. The molecule has 0 radical (unpaired) electrons. The Morgan fingerprint density at radius 3 is 2.78 bits per heavy atom. The van der Waals surface area contributed by atoms with Gasteiger partial charge in [0.25, 0.3) is 0 Å². The van der Waals surface area contributed by atoms with Crippen molar-refractivity contribution in [2.24, 2.45) is 0 Å². The maximum atomic E-state index is 11.5. The van der Waals surface area contributed by atoms with E-state index in [-0.39, 0.29) is 17.5 Å². The van der Waals surface area contributed by atoms with Crippen molar-refractivity contribution in [2.45, 2.75) is 19.0 Å². The molecule has 0 bridgehead atoms. The summed E-state index contributed by atoms with van der Waals surface area (Å²) in [6.45, 7) is 0.575. The fraction of sp³-hybridized carbons (Fsp3) is 0.500. The molecule has 1 atom stereocenters. The maximum Gasteiger partial charge on any atom is 0.151 e.